The number of rotatable bonds is 12. The average Bonchev–Trinajstić information content (AvgIpc) is 3.37. The molecule has 0 unspecified atom stereocenters. The third-order valence-electron chi connectivity index (χ3n) is 9.06. The highest BCUT2D eigenvalue weighted by Crippen LogP contribution is 2.44. The number of nitrogens with zero attached hydrogens (tertiary/aromatic N) is 2. The number of aliphatic imine (C=N–C) groups is 1. The van der Waals surface area contributed by atoms with E-state index in [0.717, 1.165) is 27.2 Å². The standard InChI is InChI=1S/C40H44N2O8/c1-24(2)18-32(37-34(43)20-40(3,4)21-35(37)44)41-26-16-14-25(15-17-26)22-49-38(47)33(19-36(45)46)42(5)39(48)50-23-31-29-12-8-6-10-27(29)28-11-7-9-13-30(28)31/h6-17,24,31,33,43H,18-23H2,1-5H3,(H,45,46)/t33-/m1/s1. The van der Waals surface area contributed by atoms with Gasteiger partial charge in [-0.3, -0.25) is 19.5 Å². The average molecular weight is 681 g/mol. The first kappa shape index (κ1) is 36.0. The van der Waals surface area contributed by atoms with Gasteiger partial charge in [-0.2, -0.15) is 0 Å². The number of ether oxygens (including phenoxy) is 2. The fourth-order valence-electron chi connectivity index (χ4n) is 6.65. The number of aliphatic hydroxyl groups is 1. The molecule has 5 rings (SSSR count). The quantitative estimate of drug-likeness (QED) is 0.146. The first-order chi connectivity index (χ1) is 23.7. The number of fused-ring (bicyclic) bond motifs is 3. The van der Waals surface area contributed by atoms with Crippen LogP contribution in [0.4, 0.5) is 10.5 Å². The fourth-order valence-corrected chi connectivity index (χ4v) is 6.65. The van der Waals surface area contributed by atoms with Gasteiger partial charge in [0, 0.05) is 25.8 Å². The van der Waals surface area contributed by atoms with E-state index in [1.54, 1.807) is 24.3 Å². The maximum Gasteiger partial charge on any atom is 0.410 e. The van der Waals surface area contributed by atoms with Gasteiger partial charge in [-0.25, -0.2) is 9.59 Å². The SMILES string of the molecule is CC(C)CC(=Nc1ccc(COC(=O)[C@@H](CC(=O)O)N(C)C(=O)OCC2c3ccccc3-c3ccccc32)cc1)C1=C(O)CC(C)(C)CC1=O. The molecule has 0 spiro atoms. The Labute approximate surface area is 292 Å². The van der Waals surface area contributed by atoms with Crippen LogP contribution in [0.3, 0.4) is 0 Å². The van der Waals surface area contributed by atoms with Gasteiger partial charge in [-0.1, -0.05) is 88.4 Å². The van der Waals surface area contributed by atoms with Crippen molar-refractivity contribution in [2.75, 3.05) is 13.7 Å². The molecule has 3 aromatic carbocycles. The van der Waals surface area contributed by atoms with E-state index >= 15 is 0 Å². The van der Waals surface area contributed by atoms with Gasteiger partial charge >= 0.3 is 18.0 Å². The topological polar surface area (TPSA) is 143 Å². The molecule has 3 aromatic rings. The summed E-state index contributed by atoms with van der Waals surface area (Å²) < 4.78 is 11.1. The normalized spacial score (nSPS) is 16.1. The Balaban J connectivity index is 1.23. The summed E-state index contributed by atoms with van der Waals surface area (Å²) in [5.74, 6) is -2.22. The lowest BCUT2D eigenvalue weighted by Crippen LogP contribution is -2.45. The smallest absolute Gasteiger partial charge is 0.410 e. The van der Waals surface area contributed by atoms with Crippen LogP contribution in [0.5, 0.6) is 0 Å². The second-order valence-corrected chi connectivity index (χ2v) is 14.2. The van der Waals surface area contributed by atoms with Crippen LogP contribution < -0.4 is 0 Å². The number of esters is 1. The van der Waals surface area contributed by atoms with Gasteiger partial charge in [0.25, 0.3) is 0 Å². The number of ketones is 1. The van der Waals surface area contributed by atoms with Gasteiger partial charge in [0.1, 0.15) is 25.0 Å². The van der Waals surface area contributed by atoms with Crippen LogP contribution in [0.1, 0.15) is 76.0 Å². The molecule has 2 N–H and O–H groups in total. The molecule has 0 aliphatic heterocycles. The van der Waals surface area contributed by atoms with Crippen LogP contribution >= 0.6 is 0 Å². The van der Waals surface area contributed by atoms with Crippen LogP contribution in [0, 0.1) is 11.3 Å². The molecule has 0 saturated heterocycles. The summed E-state index contributed by atoms with van der Waals surface area (Å²) in [6.45, 7) is 7.78. The number of carbonyl (C=O) groups is 4. The van der Waals surface area contributed by atoms with Crippen molar-refractivity contribution in [2.45, 2.75) is 71.9 Å². The summed E-state index contributed by atoms with van der Waals surface area (Å²) in [7, 11) is 1.32. The molecule has 2 aliphatic rings. The number of hydrogen-bond acceptors (Lipinski definition) is 8. The number of Topliss-reactive ketones (excluding diaryl/α,β-unsaturated/α-hetero) is 1. The summed E-state index contributed by atoms with van der Waals surface area (Å²) >= 11 is 0. The molecule has 0 aromatic heterocycles. The van der Waals surface area contributed by atoms with Gasteiger partial charge in [0.15, 0.2) is 5.78 Å². The maximum atomic E-state index is 13.2. The molecule has 50 heavy (non-hydrogen) atoms. The Morgan fingerprint density at radius 3 is 2.06 bits per heavy atom. The minimum Gasteiger partial charge on any atom is -0.511 e. The van der Waals surface area contributed by atoms with Crippen LogP contribution in [0.25, 0.3) is 11.1 Å². The Bertz CT molecular complexity index is 1790. The highest BCUT2D eigenvalue weighted by atomic mass is 16.6. The zero-order chi connectivity index (χ0) is 36.2. The van der Waals surface area contributed by atoms with Gasteiger partial charge in [-0.05, 0) is 57.7 Å². The highest BCUT2D eigenvalue weighted by molar-refractivity contribution is 6.23. The van der Waals surface area contributed by atoms with E-state index in [2.05, 4.69) is 0 Å². The van der Waals surface area contributed by atoms with Crippen LogP contribution in [0.2, 0.25) is 0 Å². The lowest BCUT2D eigenvalue weighted by Gasteiger charge is -2.30. The molecule has 1 amide bonds. The molecular weight excluding hydrogens is 636 g/mol. The summed E-state index contributed by atoms with van der Waals surface area (Å²) in [6, 6.07) is 21.2. The zero-order valence-corrected chi connectivity index (χ0v) is 29.1. The Hall–Kier alpha value is -5.25. The molecular formula is C40H44N2O8. The minimum absolute atomic E-state index is 0.0167. The van der Waals surface area contributed by atoms with Crippen LogP contribution in [0.15, 0.2) is 89.1 Å². The van der Waals surface area contributed by atoms with Gasteiger partial charge in [-0.15, -0.1) is 0 Å². The molecule has 0 saturated carbocycles. The van der Waals surface area contributed by atoms with Crippen molar-refractivity contribution in [2.24, 2.45) is 16.3 Å². The van der Waals surface area contributed by atoms with E-state index < -0.39 is 30.5 Å². The van der Waals surface area contributed by atoms with Gasteiger partial charge < -0.3 is 19.7 Å². The lowest BCUT2D eigenvalue weighted by molar-refractivity contribution is -0.154. The second-order valence-electron chi connectivity index (χ2n) is 14.2. The van der Waals surface area contributed by atoms with Crippen LogP contribution in [-0.2, 0) is 30.5 Å². The number of carboxylic acids is 1. The van der Waals surface area contributed by atoms with E-state index in [-0.39, 0.29) is 42.0 Å². The molecule has 0 fully saturated rings. The molecule has 262 valence electrons. The number of amides is 1. The van der Waals surface area contributed by atoms with Crippen molar-refractivity contribution in [1.82, 2.24) is 4.90 Å². The molecule has 0 bridgehead atoms. The highest BCUT2D eigenvalue weighted by Gasteiger charge is 2.36. The number of benzene rings is 3. The van der Waals surface area contributed by atoms with Crippen molar-refractivity contribution >= 4 is 35.2 Å². The zero-order valence-electron chi connectivity index (χ0n) is 29.1. The molecule has 10 nitrogen and oxygen atoms in total. The summed E-state index contributed by atoms with van der Waals surface area (Å²) in [5, 5.41) is 20.3. The molecule has 10 heteroatoms. The van der Waals surface area contributed by atoms with E-state index in [4.69, 9.17) is 14.5 Å². The fraction of sp³-hybridized carbons (Fsp3) is 0.375. The third-order valence-corrected chi connectivity index (χ3v) is 9.06. The number of likely N-dealkylation sites (N-methyl/N-ethyl adjacent to an activating group) is 1. The molecule has 2 aliphatic carbocycles. The van der Waals surface area contributed by atoms with E-state index in [1.165, 1.54) is 7.05 Å². The second kappa shape index (κ2) is 15.1. The van der Waals surface area contributed by atoms with Gasteiger partial charge in [0.05, 0.1) is 23.4 Å². The monoisotopic (exact) mass is 680 g/mol. The number of aliphatic carboxylic acids is 1. The van der Waals surface area contributed by atoms with E-state index in [0.29, 0.717) is 41.8 Å². The predicted octanol–water partition coefficient (Wildman–Crippen LogP) is 7.77. The number of hydrogen-bond donors (Lipinski definition) is 2. The third kappa shape index (κ3) is 8.30. The van der Waals surface area contributed by atoms with E-state index in [1.807, 2.05) is 76.2 Å². The van der Waals surface area contributed by atoms with Gasteiger partial charge in [0.2, 0.25) is 0 Å². The van der Waals surface area contributed by atoms with Crippen molar-refractivity contribution in [3.05, 3.63) is 101 Å². The molecule has 1 atom stereocenters. The van der Waals surface area contributed by atoms with E-state index in [9.17, 15) is 29.4 Å². The van der Waals surface area contributed by atoms with Crippen molar-refractivity contribution in [1.29, 1.82) is 0 Å². The molecule has 0 radical (unpaired) electrons. The largest absolute Gasteiger partial charge is 0.511 e. The number of carboxylic acid groups (broad SMARTS) is 1. The summed E-state index contributed by atoms with van der Waals surface area (Å²) in [4.78, 5) is 56.7. The summed E-state index contributed by atoms with van der Waals surface area (Å²) in [5.41, 5.74) is 5.87. The Morgan fingerprint density at radius 1 is 0.900 bits per heavy atom. The first-order valence-corrected chi connectivity index (χ1v) is 16.8. The number of aliphatic hydroxyl groups excluding tert-OH is 1. The summed E-state index contributed by atoms with van der Waals surface area (Å²) in [6.07, 6.45) is -0.268. The maximum absolute atomic E-state index is 13.2. The Kier molecular flexibility index (Phi) is 10.9. The van der Waals surface area contributed by atoms with Crippen molar-refractivity contribution in [3.8, 4) is 11.1 Å². The van der Waals surface area contributed by atoms with Crippen molar-refractivity contribution in [3.63, 3.8) is 0 Å². The lowest BCUT2D eigenvalue weighted by atomic mass is 9.75. The first-order valence-electron chi connectivity index (χ1n) is 16.8. The molecule has 0 heterocycles. The number of allylic oxidation sites excluding steroid dienone is 2. The van der Waals surface area contributed by atoms with Crippen LogP contribution in [-0.4, -0.2) is 64.3 Å². The number of carbonyl (C=O) groups excluding carboxylic acids is 3. The van der Waals surface area contributed by atoms with Crippen molar-refractivity contribution < 1.29 is 38.9 Å². The minimum atomic E-state index is -1.41. The predicted molar refractivity (Wildman–Crippen MR) is 189 cm³/mol. The Morgan fingerprint density at radius 2 is 1.50 bits per heavy atom.